The Morgan fingerprint density at radius 3 is 2.33 bits per heavy atom. The number of aromatic nitrogens is 1. The largest absolute Gasteiger partial charge is 0.618 e. The predicted molar refractivity (Wildman–Crippen MR) is 198 cm³/mol. The molecule has 4 atom stereocenters. The third-order valence-corrected chi connectivity index (χ3v) is 9.94. The van der Waals surface area contributed by atoms with Crippen molar-refractivity contribution in [3.05, 3.63) is 161 Å². The number of carbonyl (C=O) groups is 2. The first-order valence-electron chi connectivity index (χ1n) is 17.1. The number of aliphatic hydroxyl groups excluding tert-OH is 1. The van der Waals surface area contributed by atoms with Gasteiger partial charge in [0.1, 0.15) is 6.04 Å². The van der Waals surface area contributed by atoms with Gasteiger partial charge in [0.25, 0.3) is 5.03 Å². The van der Waals surface area contributed by atoms with Gasteiger partial charge >= 0.3 is 12.0 Å². The molecule has 1 fully saturated rings. The zero-order valence-electron chi connectivity index (χ0n) is 28.7. The van der Waals surface area contributed by atoms with Gasteiger partial charge in [0.05, 0.1) is 25.9 Å². The molecule has 0 radical (unpaired) electrons. The maximum Gasteiger partial charge on any atom is 0.328 e. The lowest BCUT2D eigenvalue weighted by molar-refractivity contribution is -0.645. The van der Waals surface area contributed by atoms with Crippen LogP contribution in [0.5, 0.6) is 0 Å². The zero-order chi connectivity index (χ0) is 36.3. The fraction of sp³-hybridized carbons (Fsp3) is 0.244. The SMILES string of the molecule is COC(=O)C(Cc1ccccc1)NC(=O)NCc1cccc(-c2ccc(C3OC(CSc4cccc[n+]4[O-])CC(c4ccc(CO)cc4)O3)cc2)c1. The summed E-state index contributed by atoms with van der Waals surface area (Å²) in [6.45, 7) is 0.229. The van der Waals surface area contributed by atoms with Crippen LogP contribution in [0.3, 0.4) is 0 Å². The number of rotatable bonds is 13. The Balaban J connectivity index is 1.11. The van der Waals surface area contributed by atoms with Crippen LogP contribution in [0.2, 0.25) is 0 Å². The van der Waals surface area contributed by atoms with E-state index >= 15 is 0 Å². The molecule has 268 valence electrons. The van der Waals surface area contributed by atoms with Gasteiger partial charge in [-0.3, -0.25) is 0 Å². The number of ether oxygens (including phenoxy) is 3. The Hall–Kier alpha value is -5.20. The summed E-state index contributed by atoms with van der Waals surface area (Å²) in [6, 6.07) is 37.1. The number of thioether (sulfide) groups is 1. The van der Waals surface area contributed by atoms with Gasteiger partial charge < -0.3 is 35.2 Å². The first-order chi connectivity index (χ1) is 25.4. The van der Waals surface area contributed by atoms with E-state index in [1.165, 1.54) is 25.1 Å². The van der Waals surface area contributed by atoms with Crippen molar-refractivity contribution in [2.75, 3.05) is 12.9 Å². The van der Waals surface area contributed by atoms with Gasteiger partial charge in [-0.15, -0.1) is 0 Å². The van der Waals surface area contributed by atoms with E-state index in [-0.39, 0.29) is 25.4 Å². The topological polar surface area (TPSA) is 133 Å². The first kappa shape index (κ1) is 36.6. The van der Waals surface area contributed by atoms with Gasteiger partial charge in [0, 0.05) is 42.8 Å². The fourth-order valence-corrected chi connectivity index (χ4v) is 6.93. The van der Waals surface area contributed by atoms with Crippen molar-refractivity contribution in [2.24, 2.45) is 0 Å². The molecule has 4 unspecified atom stereocenters. The van der Waals surface area contributed by atoms with Crippen LogP contribution < -0.4 is 15.4 Å². The molecule has 1 aromatic heterocycles. The van der Waals surface area contributed by atoms with Crippen molar-refractivity contribution in [1.29, 1.82) is 0 Å². The lowest BCUT2D eigenvalue weighted by Gasteiger charge is -2.36. The normalized spacial score (nSPS) is 17.5. The van der Waals surface area contributed by atoms with Crippen molar-refractivity contribution in [3.8, 4) is 11.1 Å². The number of nitrogens with zero attached hydrogens (tertiary/aromatic N) is 1. The molecule has 10 nitrogen and oxygen atoms in total. The van der Waals surface area contributed by atoms with Crippen LogP contribution in [0.15, 0.2) is 133 Å². The molecule has 2 amide bonds. The second-order valence-electron chi connectivity index (χ2n) is 12.4. The fourth-order valence-electron chi connectivity index (χ4n) is 6.00. The minimum absolute atomic E-state index is 0.0309. The Morgan fingerprint density at radius 1 is 0.865 bits per heavy atom. The van der Waals surface area contributed by atoms with E-state index in [1.54, 1.807) is 12.1 Å². The zero-order valence-corrected chi connectivity index (χ0v) is 29.5. The van der Waals surface area contributed by atoms with Crippen LogP contribution in [-0.4, -0.2) is 42.1 Å². The number of carbonyl (C=O) groups excluding carboxylic acids is 2. The standard InChI is InChI=1S/C41H41N3O7S/c1-49-39(46)36(23-28-8-3-2-4-9-28)43-41(47)42-25-30-10-7-11-34(22-30)31-17-19-33(20-18-31)40-50-35(27-52-38-12-5-6-21-44(38)48)24-37(51-40)32-15-13-29(26-45)14-16-32/h2-22,35-37,40,45H,23-27H2,1H3,(H2,42,43,47). The molecule has 1 aliphatic heterocycles. The molecule has 11 heteroatoms. The summed E-state index contributed by atoms with van der Waals surface area (Å²) in [5.41, 5.74) is 6.43. The van der Waals surface area contributed by atoms with Crippen LogP contribution in [0, 0.1) is 5.21 Å². The van der Waals surface area contributed by atoms with Gasteiger partial charge in [-0.2, -0.15) is 4.73 Å². The maximum atomic E-state index is 12.8. The number of benzene rings is 4. The van der Waals surface area contributed by atoms with E-state index in [0.717, 1.165) is 43.7 Å². The summed E-state index contributed by atoms with van der Waals surface area (Å²) >= 11 is 1.45. The van der Waals surface area contributed by atoms with Crippen molar-refractivity contribution < 1.29 is 33.6 Å². The summed E-state index contributed by atoms with van der Waals surface area (Å²) in [5.74, 6) is 0.0595. The van der Waals surface area contributed by atoms with Gasteiger partial charge in [0.2, 0.25) is 0 Å². The highest BCUT2D eigenvalue weighted by molar-refractivity contribution is 7.99. The molecule has 5 aromatic rings. The second-order valence-corrected chi connectivity index (χ2v) is 13.5. The van der Waals surface area contributed by atoms with Gasteiger partial charge in [0.15, 0.2) is 12.5 Å². The minimum atomic E-state index is -0.820. The van der Waals surface area contributed by atoms with E-state index in [1.807, 2.05) is 109 Å². The molecular formula is C41H41N3O7S. The quantitative estimate of drug-likeness (QED) is 0.0552. The third-order valence-electron chi connectivity index (χ3n) is 8.79. The maximum absolute atomic E-state index is 12.8. The molecular weight excluding hydrogens is 679 g/mol. The first-order valence-corrected chi connectivity index (χ1v) is 18.0. The van der Waals surface area contributed by atoms with Crippen LogP contribution in [0.25, 0.3) is 11.1 Å². The van der Waals surface area contributed by atoms with Gasteiger partial charge in [-0.25, -0.2) is 9.59 Å². The molecule has 0 spiro atoms. The lowest BCUT2D eigenvalue weighted by atomic mass is 9.99. The number of hydrogen-bond acceptors (Lipinski definition) is 8. The van der Waals surface area contributed by atoms with E-state index in [2.05, 4.69) is 10.6 Å². The number of hydrogen-bond donors (Lipinski definition) is 3. The highest BCUT2D eigenvalue weighted by Gasteiger charge is 2.33. The Labute approximate surface area is 307 Å². The van der Waals surface area contributed by atoms with Crippen molar-refractivity contribution >= 4 is 23.8 Å². The van der Waals surface area contributed by atoms with Gasteiger partial charge in [-0.1, -0.05) is 109 Å². The number of aliphatic hydroxyl groups is 1. The Bertz CT molecular complexity index is 1930. The van der Waals surface area contributed by atoms with Crippen molar-refractivity contribution in [1.82, 2.24) is 10.6 Å². The summed E-state index contributed by atoms with van der Waals surface area (Å²) in [6.07, 6.45) is 1.36. The molecule has 0 saturated carbocycles. The molecule has 6 rings (SSSR count). The number of pyridine rings is 1. The number of esters is 1. The summed E-state index contributed by atoms with van der Waals surface area (Å²) in [5, 5.41) is 28.0. The molecule has 2 heterocycles. The number of amides is 2. The van der Waals surface area contributed by atoms with Crippen molar-refractivity contribution in [2.45, 2.75) is 55.6 Å². The summed E-state index contributed by atoms with van der Waals surface area (Å²) in [4.78, 5) is 25.2. The number of nitrogens with one attached hydrogen (secondary N) is 2. The summed E-state index contributed by atoms with van der Waals surface area (Å²) < 4.78 is 18.7. The molecule has 1 saturated heterocycles. The molecule has 0 aliphatic carbocycles. The number of methoxy groups -OCH3 is 1. The Morgan fingerprint density at radius 2 is 1.60 bits per heavy atom. The van der Waals surface area contributed by atoms with Crippen LogP contribution >= 0.6 is 11.8 Å². The molecule has 52 heavy (non-hydrogen) atoms. The van der Waals surface area contributed by atoms with E-state index < -0.39 is 24.3 Å². The smallest absolute Gasteiger partial charge is 0.328 e. The summed E-state index contributed by atoms with van der Waals surface area (Å²) in [7, 11) is 1.30. The van der Waals surface area contributed by atoms with Crippen LogP contribution in [0.1, 0.15) is 46.6 Å². The Kier molecular flexibility index (Phi) is 12.5. The van der Waals surface area contributed by atoms with Crippen molar-refractivity contribution in [3.63, 3.8) is 0 Å². The monoisotopic (exact) mass is 719 g/mol. The number of urea groups is 1. The van der Waals surface area contributed by atoms with Gasteiger partial charge in [-0.05, 0) is 45.5 Å². The lowest BCUT2D eigenvalue weighted by Crippen LogP contribution is -2.47. The van der Waals surface area contributed by atoms with E-state index in [0.29, 0.717) is 23.6 Å². The average molecular weight is 720 g/mol. The van der Waals surface area contributed by atoms with E-state index in [9.17, 15) is 19.9 Å². The molecule has 3 N–H and O–H groups in total. The second kappa shape index (κ2) is 17.8. The van der Waals surface area contributed by atoms with E-state index in [4.69, 9.17) is 14.2 Å². The highest BCUT2D eigenvalue weighted by atomic mass is 32.2. The molecule has 1 aliphatic rings. The molecule has 4 aromatic carbocycles. The minimum Gasteiger partial charge on any atom is -0.618 e. The van der Waals surface area contributed by atoms with Crippen LogP contribution in [0.4, 0.5) is 4.79 Å². The third kappa shape index (κ3) is 9.77. The molecule has 0 bridgehead atoms. The predicted octanol–water partition coefficient (Wildman–Crippen LogP) is 6.40. The highest BCUT2D eigenvalue weighted by Crippen LogP contribution is 2.39. The average Bonchev–Trinajstić information content (AvgIpc) is 3.19. The van der Waals surface area contributed by atoms with Crippen LogP contribution in [-0.2, 0) is 38.6 Å².